The molecule has 0 radical (unpaired) electrons. The molecule has 0 unspecified atom stereocenters. The Morgan fingerprint density at radius 3 is 2.41 bits per heavy atom. The molecule has 0 bridgehead atoms. The third-order valence-electron chi connectivity index (χ3n) is 7.01. The number of fused-ring (bicyclic) bond motifs is 1. The fourth-order valence-corrected chi connectivity index (χ4v) is 4.98. The zero-order valence-corrected chi connectivity index (χ0v) is 20.4. The molecule has 1 aliphatic heterocycles. The molecule has 0 spiro atoms. The molecule has 3 aromatic heterocycles. The van der Waals surface area contributed by atoms with Crippen LogP contribution in [0.3, 0.4) is 0 Å². The first-order valence-corrected chi connectivity index (χ1v) is 11.9. The Hall–Kier alpha value is -3.38. The van der Waals surface area contributed by atoms with Gasteiger partial charge in [-0.3, -0.25) is 14.9 Å². The fraction of sp³-hybridized carbons (Fsp3) is 0.357. The maximum atomic E-state index is 5.51. The van der Waals surface area contributed by atoms with Gasteiger partial charge in [0.05, 0.1) is 19.7 Å². The second-order valence-corrected chi connectivity index (χ2v) is 9.18. The highest BCUT2D eigenvalue weighted by atomic mass is 16.5. The molecular formula is C28H32N4O2. The van der Waals surface area contributed by atoms with E-state index in [2.05, 4.69) is 51.8 Å². The zero-order valence-electron chi connectivity index (χ0n) is 20.4. The summed E-state index contributed by atoms with van der Waals surface area (Å²) in [6, 6.07) is 14.8. The molecule has 1 aromatic carbocycles. The van der Waals surface area contributed by atoms with Crippen molar-refractivity contribution in [3.05, 3.63) is 71.8 Å². The summed E-state index contributed by atoms with van der Waals surface area (Å²) < 4.78 is 13.2. The average Bonchev–Trinajstić information content (AvgIpc) is 3.21. The maximum Gasteiger partial charge on any atom is 0.161 e. The van der Waals surface area contributed by atoms with Gasteiger partial charge in [0.2, 0.25) is 0 Å². The van der Waals surface area contributed by atoms with Crippen LogP contribution >= 0.6 is 0 Å². The van der Waals surface area contributed by atoms with E-state index in [-0.39, 0.29) is 0 Å². The summed E-state index contributed by atoms with van der Waals surface area (Å²) in [6.07, 6.45) is 6.29. The summed E-state index contributed by atoms with van der Waals surface area (Å²) in [4.78, 5) is 11.8. The van der Waals surface area contributed by atoms with E-state index in [4.69, 9.17) is 14.5 Å². The van der Waals surface area contributed by atoms with Crippen LogP contribution in [0.25, 0.3) is 22.2 Å². The second kappa shape index (κ2) is 9.47. The predicted molar refractivity (Wildman–Crippen MR) is 135 cm³/mol. The Balaban J connectivity index is 1.33. The van der Waals surface area contributed by atoms with Crippen LogP contribution in [0.15, 0.2) is 54.9 Å². The van der Waals surface area contributed by atoms with Crippen molar-refractivity contribution < 1.29 is 9.47 Å². The molecule has 4 heterocycles. The highest BCUT2D eigenvalue weighted by Crippen LogP contribution is 2.35. The van der Waals surface area contributed by atoms with Crippen LogP contribution in [0.2, 0.25) is 0 Å². The van der Waals surface area contributed by atoms with E-state index in [1.807, 2.05) is 31.5 Å². The zero-order chi connectivity index (χ0) is 23.7. The molecular weight excluding hydrogens is 424 g/mol. The van der Waals surface area contributed by atoms with Crippen LogP contribution < -0.4 is 9.47 Å². The second-order valence-electron chi connectivity index (χ2n) is 9.18. The Kier molecular flexibility index (Phi) is 6.24. The van der Waals surface area contributed by atoms with Gasteiger partial charge >= 0.3 is 0 Å². The van der Waals surface area contributed by atoms with Crippen molar-refractivity contribution >= 4 is 10.9 Å². The molecule has 0 atom stereocenters. The minimum atomic E-state index is 0.497. The highest BCUT2D eigenvalue weighted by Gasteiger charge is 2.23. The molecule has 5 rings (SSSR count). The largest absolute Gasteiger partial charge is 0.493 e. The van der Waals surface area contributed by atoms with Crippen LogP contribution in [-0.2, 0) is 13.6 Å². The number of pyridine rings is 2. The van der Waals surface area contributed by atoms with Crippen molar-refractivity contribution in [1.82, 2.24) is 19.4 Å². The van der Waals surface area contributed by atoms with E-state index in [0.29, 0.717) is 5.92 Å². The topological polar surface area (TPSA) is 52.4 Å². The Morgan fingerprint density at radius 2 is 1.71 bits per heavy atom. The number of hydrogen-bond acceptors (Lipinski definition) is 5. The van der Waals surface area contributed by atoms with E-state index in [1.54, 1.807) is 14.2 Å². The van der Waals surface area contributed by atoms with Gasteiger partial charge in [0.25, 0.3) is 0 Å². The van der Waals surface area contributed by atoms with Crippen molar-refractivity contribution in [3.63, 3.8) is 0 Å². The van der Waals surface area contributed by atoms with Gasteiger partial charge in [0, 0.05) is 59.9 Å². The number of nitrogens with zero attached hydrogens (tertiary/aromatic N) is 4. The Morgan fingerprint density at radius 1 is 0.912 bits per heavy atom. The van der Waals surface area contributed by atoms with Crippen molar-refractivity contribution in [2.24, 2.45) is 7.05 Å². The van der Waals surface area contributed by atoms with Crippen molar-refractivity contribution in [2.75, 3.05) is 27.3 Å². The molecule has 0 saturated carbocycles. The van der Waals surface area contributed by atoms with Crippen LogP contribution in [0.4, 0.5) is 0 Å². The molecule has 1 fully saturated rings. The lowest BCUT2D eigenvalue weighted by atomic mass is 9.92. The third kappa shape index (κ3) is 4.38. The number of aromatic nitrogens is 3. The van der Waals surface area contributed by atoms with Gasteiger partial charge in [0.15, 0.2) is 11.5 Å². The first kappa shape index (κ1) is 22.4. The Bertz CT molecular complexity index is 1290. The van der Waals surface area contributed by atoms with Crippen molar-refractivity contribution in [3.8, 4) is 22.8 Å². The first-order chi connectivity index (χ1) is 16.6. The van der Waals surface area contributed by atoms with Crippen LogP contribution in [0.1, 0.15) is 35.7 Å². The SMILES string of the molecule is COc1ccc(-c2cc3cnc(C4CCN(Cc5ccc(C)nc5)CC4)cc3n2C)cc1OC. The lowest BCUT2D eigenvalue weighted by molar-refractivity contribution is 0.203. The molecule has 176 valence electrons. The molecule has 4 aromatic rings. The number of piperidine rings is 1. The molecule has 6 heteroatoms. The first-order valence-electron chi connectivity index (χ1n) is 11.9. The van der Waals surface area contributed by atoms with E-state index in [1.165, 1.54) is 16.8 Å². The number of rotatable bonds is 6. The lowest BCUT2D eigenvalue weighted by Crippen LogP contribution is -2.32. The maximum absolute atomic E-state index is 5.51. The third-order valence-corrected chi connectivity index (χ3v) is 7.01. The molecule has 0 amide bonds. The number of benzene rings is 1. The Labute approximate surface area is 201 Å². The van der Waals surface area contributed by atoms with Gasteiger partial charge in [-0.15, -0.1) is 0 Å². The minimum Gasteiger partial charge on any atom is -0.493 e. The van der Waals surface area contributed by atoms with Crippen molar-refractivity contribution in [2.45, 2.75) is 32.2 Å². The lowest BCUT2D eigenvalue weighted by Gasteiger charge is -2.31. The summed E-state index contributed by atoms with van der Waals surface area (Å²) in [7, 11) is 5.45. The van der Waals surface area contributed by atoms with Gasteiger partial charge < -0.3 is 14.0 Å². The number of hydrogen-bond donors (Lipinski definition) is 0. The molecule has 0 aliphatic carbocycles. The summed E-state index contributed by atoms with van der Waals surface area (Å²) in [5.41, 5.74) is 6.99. The van der Waals surface area contributed by atoms with Gasteiger partial charge in [-0.1, -0.05) is 6.07 Å². The molecule has 6 nitrogen and oxygen atoms in total. The van der Waals surface area contributed by atoms with E-state index in [9.17, 15) is 0 Å². The summed E-state index contributed by atoms with van der Waals surface area (Å²) >= 11 is 0. The number of methoxy groups -OCH3 is 2. The van der Waals surface area contributed by atoms with E-state index in [0.717, 1.165) is 66.3 Å². The normalized spacial score (nSPS) is 15.1. The number of aryl methyl sites for hydroxylation is 2. The predicted octanol–water partition coefficient (Wildman–Crippen LogP) is 5.34. The van der Waals surface area contributed by atoms with Gasteiger partial charge in [-0.05, 0) is 74.8 Å². The fourth-order valence-electron chi connectivity index (χ4n) is 4.98. The number of ether oxygens (including phenoxy) is 2. The summed E-state index contributed by atoms with van der Waals surface area (Å²) in [5.74, 6) is 1.97. The quantitative estimate of drug-likeness (QED) is 0.392. The van der Waals surface area contributed by atoms with E-state index >= 15 is 0 Å². The van der Waals surface area contributed by atoms with Gasteiger partial charge in [0.1, 0.15) is 0 Å². The molecule has 1 aliphatic rings. The standard InChI is InChI=1S/C28H32N4O2/c1-19-5-6-20(16-29-19)18-32-11-9-21(10-12-32)24-15-26-23(17-30-24)13-25(31(26)2)22-7-8-27(33-3)28(14-22)34-4/h5-8,13-17,21H,9-12,18H2,1-4H3. The summed E-state index contributed by atoms with van der Waals surface area (Å²) in [5, 5.41) is 1.15. The van der Waals surface area contributed by atoms with Crippen LogP contribution in [-0.4, -0.2) is 46.7 Å². The smallest absolute Gasteiger partial charge is 0.161 e. The van der Waals surface area contributed by atoms with E-state index < -0.39 is 0 Å². The van der Waals surface area contributed by atoms with Gasteiger partial charge in [-0.2, -0.15) is 0 Å². The monoisotopic (exact) mass is 456 g/mol. The molecule has 1 saturated heterocycles. The average molecular weight is 457 g/mol. The van der Waals surface area contributed by atoms with Crippen LogP contribution in [0.5, 0.6) is 11.5 Å². The highest BCUT2D eigenvalue weighted by molar-refractivity contribution is 5.87. The number of likely N-dealkylation sites (tertiary alicyclic amines) is 1. The molecule has 34 heavy (non-hydrogen) atoms. The van der Waals surface area contributed by atoms with Gasteiger partial charge in [-0.25, -0.2) is 0 Å². The van der Waals surface area contributed by atoms with Crippen LogP contribution in [0, 0.1) is 6.92 Å². The minimum absolute atomic E-state index is 0.497. The summed E-state index contributed by atoms with van der Waals surface area (Å²) in [6.45, 7) is 5.17. The van der Waals surface area contributed by atoms with Crippen molar-refractivity contribution in [1.29, 1.82) is 0 Å². The molecule has 0 N–H and O–H groups in total.